The van der Waals surface area contributed by atoms with E-state index in [4.69, 9.17) is 0 Å². The first kappa shape index (κ1) is 12.4. The minimum absolute atomic E-state index is 0.269. The highest BCUT2D eigenvalue weighted by atomic mass is 16.3. The largest absolute Gasteiger partial charge is 0.396 e. The molecule has 1 nitrogen and oxygen atoms in total. The molecule has 2 saturated carbocycles. The van der Waals surface area contributed by atoms with Gasteiger partial charge in [-0.25, -0.2) is 0 Å². The fraction of sp³-hybridized carbons (Fsp3) is 1.00. The molecule has 0 bridgehead atoms. The third-order valence-electron chi connectivity index (χ3n) is 6.20. The average Bonchev–Trinajstić information content (AvgIpc) is 2.82. The summed E-state index contributed by atoms with van der Waals surface area (Å²) >= 11 is 0. The van der Waals surface area contributed by atoms with E-state index in [9.17, 15) is 5.11 Å². The number of rotatable bonds is 3. The fourth-order valence-electron chi connectivity index (χ4n) is 3.87. The highest BCUT2D eigenvalue weighted by Crippen LogP contribution is 2.60. The van der Waals surface area contributed by atoms with E-state index in [1.54, 1.807) is 0 Å². The van der Waals surface area contributed by atoms with Crippen molar-refractivity contribution < 1.29 is 5.11 Å². The quantitative estimate of drug-likeness (QED) is 0.774. The van der Waals surface area contributed by atoms with Crippen LogP contribution in [0.3, 0.4) is 0 Å². The topological polar surface area (TPSA) is 20.2 Å². The van der Waals surface area contributed by atoms with Crippen LogP contribution in [-0.2, 0) is 0 Å². The first-order valence-electron chi connectivity index (χ1n) is 6.92. The van der Waals surface area contributed by atoms with Crippen LogP contribution in [0.5, 0.6) is 0 Å². The molecule has 0 aromatic heterocycles. The van der Waals surface area contributed by atoms with E-state index >= 15 is 0 Å². The van der Waals surface area contributed by atoms with Crippen LogP contribution in [0.15, 0.2) is 0 Å². The molecule has 2 fully saturated rings. The molecule has 1 N–H and O–H groups in total. The van der Waals surface area contributed by atoms with Crippen LogP contribution in [0, 0.1) is 34.5 Å². The zero-order chi connectivity index (χ0) is 12.1. The minimum atomic E-state index is 0.269. The standard InChI is InChI=1S/C15H28O/c1-10-6-12(14(3,4)11(10)2)7-13-8-15(13,5)9-16/h10-13,16H,6-9H2,1-5H3/t10-,11?,12?,13?,15?/m0/s1. The Hall–Kier alpha value is -0.0400. The molecule has 5 atom stereocenters. The molecule has 4 unspecified atom stereocenters. The zero-order valence-corrected chi connectivity index (χ0v) is 11.6. The van der Waals surface area contributed by atoms with Gasteiger partial charge in [0.05, 0.1) is 0 Å². The SMILES string of the molecule is CC1[C@@H](C)CC(CC2CC2(C)CO)C1(C)C. The zero-order valence-electron chi connectivity index (χ0n) is 11.6. The molecule has 2 aliphatic rings. The summed E-state index contributed by atoms with van der Waals surface area (Å²) in [4.78, 5) is 0. The van der Waals surface area contributed by atoms with Gasteiger partial charge >= 0.3 is 0 Å². The normalized spacial score (nSPS) is 50.6. The Morgan fingerprint density at radius 2 is 1.75 bits per heavy atom. The molecule has 0 saturated heterocycles. The molecular formula is C15H28O. The van der Waals surface area contributed by atoms with Crippen molar-refractivity contribution in [2.45, 2.75) is 53.9 Å². The molecule has 0 spiro atoms. The predicted octanol–water partition coefficient (Wildman–Crippen LogP) is 3.71. The van der Waals surface area contributed by atoms with Crippen molar-refractivity contribution in [3.8, 4) is 0 Å². The van der Waals surface area contributed by atoms with Crippen molar-refractivity contribution >= 4 is 0 Å². The van der Waals surface area contributed by atoms with Crippen molar-refractivity contribution in [2.24, 2.45) is 34.5 Å². The lowest BCUT2D eigenvalue weighted by molar-refractivity contribution is 0.157. The monoisotopic (exact) mass is 224 g/mol. The molecule has 0 heterocycles. The minimum Gasteiger partial charge on any atom is -0.396 e. The average molecular weight is 224 g/mol. The molecule has 94 valence electrons. The van der Waals surface area contributed by atoms with Crippen molar-refractivity contribution in [2.75, 3.05) is 6.61 Å². The maximum absolute atomic E-state index is 9.34. The van der Waals surface area contributed by atoms with Gasteiger partial charge in [0.2, 0.25) is 0 Å². The van der Waals surface area contributed by atoms with Crippen LogP contribution >= 0.6 is 0 Å². The Labute approximate surface area is 101 Å². The Morgan fingerprint density at radius 1 is 1.12 bits per heavy atom. The van der Waals surface area contributed by atoms with Crippen molar-refractivity contribution in [3.63, 3.8) is 0 Å². The van der Waals surface area contributed by atoms with Crippen LogP contribution in [0.4, 0.5) is 0 Å². The molecule has 0 radical (unpaired) electrons. The van der Waals surface area contributed by atoms with Gasteiger partial charge in [0.1, 0.15) is 0 Å². The van der Waals surface area contributed by atoms with Crippen LogP contribution in [0.25, 0.3) is 0 Å². The fourth-order valence-corrected chi connectivity index (χ4v) is 3.87. The van der Waals surface area contributed by atoms with Gasteiger partial charge in [-0.05, 0) is 53.8 Å². The van der Waals surface area contributed by atoms with Crippen molar-refractivity contribution in [1.29, 1.82) is 0 Å². The Kier molecular flexibility index (Phi) is 2.89. The molecule has 16 heavy (non-hydrogen) atoms. The predicted molar refractivity (Wildman–Crippen MR) is 68.1 cm³/mol. The Balaban J connectivity index is 1.97. The van der Waals surface area contributed by atoms with Gasteiger partial charge in [-0.2, -0.15) is 0 Å². The van der Waals surface area contributed by atoms with E-state index in [0.29, 0.717) is 12.0 Å². The third kappa shape index (κ3) is 1.81. The Bertz CT molecular complexity index is 271. The van der Waals surface area contributed by atoms with Crippen LogP contribution in [-0.4, -0.2) is 11.7 Å². The number of aliphatic hydroxyl groups is 1. The lowest BCUT2D eigenvalue weighted by Crippen LogP contribution is -2.25. The van der Waals surface area contributed by atoms with Crippen LogP contribution < -0.4 is 0 Å². The van der Waals surface area contributed by atoms with E-state index in [1.807, 2.05) is 0 Å². The maximum Gasteiger partial charge on any atom is 0.0487 e. The summed E-state index contributed by atoms with van der Waals surface area (Å²) < 4.78 is 0. The van der Waals surface area contributed by atoms with Crippen LogP contribution in [0.1, 0.15) is 53.9 Å². The molecule has 1 heteroatoms. The first-order chi connectivity index (χ1) is 7.31. The Morgan fingerprint density at radius 3 is 2.12 bits per heavy atom. The van der Waals surface area contributed by atoms with E-state index in [-0.39, 0.29) is 5.41 Å². The van der Waals surface area contributed by atoms with Gasteiger partial charge in [-0.1, -0.05) is 34.6 Å². The second-order valence-electron chi connectivity index (χ2n) is 7.47. The summed E-state index contributed by atoms with van der Waals surface area (Å²) in [6.07, 6.45) is 3.99. The molecule has 2 aliphatic carbocycles. The van der Waals surface area contributed by atoms with Crippen molar-refractivity contribution in [1.82, 2.24) is 0 Å². The summed E-state index contributed by atoms with van der Waals surface area (Å²) in [7, 11) is 0. The second-order valence-corrected chi connectivity index (χ2v) is 7.47. The highest BCUT2D eigenvalue weighted by Gasteiger charge is 2.53. The van der Waals surface area contributed by atoms with Gasteiger partial charge < -0.3 is 5.11 Å². The summed E-state index contributed by atoms with van der Waals surface area (Å²) in [5.41, 5.74) is 0.767. The van der Waals surface area contributed by atoms with Crippen molar-refractivity contribution in [3.05, 3.63) is 0 Å². The highest BCUT2D eigenvalue weighted by molar-refractivity contribution is 5.03. The number of aliphatic hydroxyl groups excluding tert-OH is 1. The van der Waals surface area contributed by atoms with Gasteiger partial charge in [0.25, 0.3) is 0 Å². The van der Waals surface area contributed by atoms with Gasteiger partial charge in [0.15, 0.2) is 0 Å². The van der Waals surface area contributed by atoms with E-state index in [1.165, 1.54) is 19.3 Å². The lowest BCUT2D eigenvalue weighted by atomic mass is 9.73. The van der Waals surface area contributed by atoms with Crippen LogP contribution in [0.2, 0.25) is 0 Å². The molecule has 0 aliphatic heterocycles. The third-order valence-corrected chi connectivity index (χ3v) is 6.20. The van der Waals surface area contributed by atoms with Gasteiger partial charge in [0, 0.05) is 6.61 Å². The van der Waals surface area contributed by atoms with E-state index < -0.39 is 0 Å². The second kappa shape index (κ2) is 3.73. The smallest absolute Gasteiger partial charge is 0.0487 e. The summed E-state index contributed by atoms with van der Waals surface area (Å²) in [6, 6.07) is 0. The lowest BCUT2D eigenvalue weighted by Gasteiger charge is -2.32. The maximum atomic E-state index is 9.34. The van der Waals surface area contributed by atoms with Gasteiger partial charge in [-0.15, -0.1) is 0 Å². The van der Waals surface area contributed by atoms with Gasteiger partial charge in [-0.3, -0.25) is 0 Å². The number of hydrogen-bond acceptors (Lipinski definition) is 1. The number of hydrogen-bond donors (Lipinski definition) is 1. The molecule has 0 amide bonds. The summed E-state index contributed by atoms with van der Waals surface area (Å²) in [5.74, 6) is 3.38. The first-order valence-corrected chi connectivity index (χ1v) is 6.92. The van der Waals surface area contributed by atoms with E-state index in [2.05, 4.69) is 34.6 Å². The molecule has 0 aromatic carbocycles. The molecular weight excluding hydrogens is 196 g/mol. The summed E-state index contributed by atoms with van der Waals surface area (Å²) in [6.45, 7) is 12.4. The molecule has 0 aromatic rings. The summed E-state index contributed by atoms with van der Waals surface area (Å²) in [5, 5.41) is 9.34. The molecule has 2 rings (SSSR count). The van der Waals surface area contributed by atoms with E-state index in [0.717, 1.165) is 23.7 Å².